The summed E-state index contributed by atoms with van der Waals surface area (Å²) in [6.45, 7) is -2.90. The van der Waals surface area contributed by atoms with Crippen LogP contribution in [0, 0.1) is 5.92 Å². The van der Waals surface area contributed by atoms with Crippen molar-refractivity contribution >= 4 is 34.5 Å². The van der Waals surface area contributed by atoms with E-state index in [1.807, 2.05) is 0 Å². The molecule has 4 heterocycles. The third-order valence-electron chi connectivity index (χ3n) is 7.15. The Morgan fingerprint density at radius 2 is 1.95 bits per heavy atom. The van der Waals surface area contributed by atoms with Gasteiger partial charge in [0.25, 0.3) is 0 Å². The molecule has 16 heteroatoms. The van der Waals surface area contributed by atoms with E-state index < -0.39 is 60.6 Å². The normalized spacial score (nSPS) is 22.7. The number of nitrogens with zero attached hydrogens (tertiary/aromatic N) is 6. The van der Waals surface area contributed by atoms with Crippen molar-refractivity contribution in [3.05, 3.63) is 17.6 Å². The van der Waals surface area contributed by atoms with Gasteiger partial charge in [0, 0.05) is 30.0 Å². The van der Waals surface area contributed by atoms with Crippen molar-refractivity contribution in [2.24, 2.45) is 12.9 Å². The quantitative estimate of drug-likeness (QED) is 0.297. The average Bonchev–Trinajstić information content (AvgIpc) is 3.81. The minimum Gasteiger partial charge on any atom is -0.383 e. The Morgan fingerprint density at radius 1 is 1.21 bits per heavy atom. The molecule has 3 aliphatic rings. The molecule has 6 rings (SSSR count). The molecule has 4 N–H and O–H groups in total. The molecule has 206 valence electrons. The summed E-state index contributed by atoms with van der Waals surface area (Å²) in [5.41, 5.74) is 4.06. The van der Waals surface area contributed by atoms with E-state index >= 15 is 0 Å². The Labute approximate surface area is 221 Å². The first-order valence-corrected chi connectivity index (χ1v) is 12.0. The molecule has 2 aliphatic carbocycles. The van der Waals surface area contributed by atoms with Crippen LogP contribution in [0.3, 0.4) is 0 Å². The molecule has 0 spiro atoms. The van der Waals surface area contributed by atoms with E-state index in [4.69, 9.17) is 9.85 Å². The lowest BCUT2D eigenvalue weighted by Crippen LogP contribution is -2.51. The summed E-state index contributed by atoms with van der Waals surface area (Å²) >= 11 is 0. The Balaban J connectivity index is 1.47. The summed E-state index contributed by atoms with van der Waals surface area (Å²) < 4.78 is 89.3. The fourth-order valence-corrected chi connectivity index (χ4v) is 4.86. The van der Waals surface area contributed by atoms with Crippen molar-refractivity contribution in [1.29, 1.82) is 0 Å². The standard InChI is InChI=1S/C23H22F5N9O2/c1-37-18-11(8-30-37)14(32-12(33-18)6-7-21(24,25)23(26,27)28)17-34-15(29)13-16(35-17)36-20(39)22(13,9-2-3-9)19(38)31-10-4-5-10/h8-10H,2-7H2,1H3,(H,31,38)(H3,29,34,35,36,39)/i1D3. The molecule has 1 unspecified atom stereocenters. The number of nitrogens with one attached hydrogen (secondary N) is 2. The van der Waals surface area contributed by atoms with Crippen LogP contribution in [0.5, 0.6) is 0 Å². The molecule has 3 aromatic rings. The first kappa shape index (κ1) is 21.9. The number of fused-ring (bicyclic) bond motifs is 2. The second-order valence-electron chi connectivity index (χ2n) is 9.92. The molecule has 39 heavy (non-hydrogen) atoms. The smallest absolute Gasteiger partial charge is 0.383 e. The largest absolute Gasteiger partial charge is 0.453 e. The lowest BCUT2D eigenvalue weighted by molar-refractivity contribution is -0.284. The van der Waals surface area contributed by atoms with Crippen molar-refractivity contribution in [2.75, 3.05) is 11.1 Å². The third kappa shape index (κ3) is 3.95. The van der Waals surface area contributed by atoms with E-state index in [0.29, 0.717) is 17.5 Å². The average molecular weight is 554 g/mol. The number of nitrogen functional groups attached to an aromatic ring is 1. The highest BCUT2D eigenvalue weighted by atomic mass is 19.4. The molecule has 3 aromatic heterocycles. The molecule has 0 radical (unpaired) electrons. The molecule has 1 atom stereocenters. The van der Waals surface area contributed by atoms with E-state index in [-0.39, 0.29) is 46.1 Å². The minimum atomic E-state index is -5.82. The van der Waals surface area contributed by atoms with E-state index in [1.165, 1.54) is 0 Å². The number of nitrogens with two attached hydrogens (primary N) is 1. The Bertz CT molecular complexity index is 1640. The zero-order valence-electron chi connectivity index (χ0n) is 22.9. The summed E-state index contributed by atoms with van der Waals surface area (Å²) in [6.07, 6.45) is -4.77. The second-order valence-corrected chi connectivity index (χ2v) is 9.92. The fourth-order valence-electron chi connectivity index (χ4n) is 4.86. The van der Waals surface area contributed by atoms with E-state index in [1.54, 1.807) is 0 Å². The van der Waals surface area contributed by atoms with Crippen molar-refractivity contribution in [1.82, 2.24) is 35.0 Å². The van der Waals surface area contributed by atoms with E-state index in [0.717, 1.165) is 19.0 Å². The number of halogens is 5. The molecule has 11 nitrogen and oxygen atoms in total. The Morgan fingerprint density at radius 3 is 2.59 bits per heavy atom. The highest BCUT2D eigenvalue weighted by molar-refractivity contribution is 6.22. The maximum Gasteiger partial charge on any atom is 0.453 e. The molecule has 2 saturated carbocycles. The van der Waals surface area contributed by atoms with E-state index in [2.05, 4.69) is 35.7 Å². The maximum absolute atomic E-state index is 13.7. The van der Waals surface area contributed by atoms with E-state index in [9.17, 15) is 31.5 Å². The van der Waals surface area contributed by atoms with Gasteiger partial charge >= 0.3 is 12.1 Å². The number of hydrogen-bond acceptors (Lipinski definition) is 8. The summed E-state index contributed by atoms with van der Waals surface area (Å²) in [7, 11) is 0. The first-order valence-electron chi connectivity index (χ1n) is 13.5. The lowest BCUT2D eigenvalue weighted by Gasteiger charge is -2.26. The molecular weight excluding hydrogens is 529 g/mol. The number of anilines is 2. The topological polar surface area (TPSA) is 154 Å². The SMILES string of the molecule is [2H]C([2H])([2H])n1ncc2c(-c3nc(N)c4c(n3)NC(=O)C4(C(=O)NC3CC3)C3CC3)nc(CCC(F)(F)C(F)(F)F)nc21. The molecule has 0 aromatic carbocycles. The van der Waals surface area contributed by atoms with Crippen molar-refractivity contribution in [3.63, 3.8) is 0 Å². The minimum absolute atomic E-state index is 0.0569. The molecule has 0 saturated heterocycles. The third-order valence-corrected chi connectivity index (χ3v) is 7.15. The van der Waals surface area contributed by atoms with Crippen LogP contribution in [0.4, 0.5) is 33.6 Å². The van der Waals surface area contributed by atoms with Crippen molar-refractivity contribution < 1.29 is 35.7 Å². The van der Waals surface area contributed by atoms with Crippen molar-refractivity contribution in [2.45, 2.75) is 62.1 Å². The molecule has 0 bridgehead atoms. The zero-order valence-corrected chi connectivity index (χ0v) is 19.9. The van der Waals surface area contributed by atoms with Crippen LogP contribution < -0.4 is 16.4 Å². The number of rotatable bonds is 7. The van der Waals surface area contributed by atoms with Gasteiger partial charge in [0.05, 0.1) is 17.1 Å². The summed E-state index contributed by atoms with van der Waals surface area (Å²) in [4.78, 5) is 43.3. The van der Waals surface area contributed by atoms with Crippen LogP contribution >= 0.6 is 0 Å². The number of carbonyl (C=O) groups is 2. The van der Waals surface area contributed by atoms with Gasteiger partial charge in [0.2, 0.25) is 11.8 Å². The van der Waals surface area contributed by atoms with Gasteiger partial charge < -0.3 is 16.4 Å². The summed E-state index contributed by atoms with van der Waals surface area (Å²) in [5, 5.41) is 9.14. The molecule has 2 fully saturated rings. The summed E-state index contributed by atoms with van der Waals surface area (Å²) in [6, 6.07) is -0.0569. The number of alkyl halides is 5. The van der Waals surface area contributed by atoms with Crippen LogP contribution in [-0.4, -0.2) is 59.7 Å². The van der Waals surface area contributed by atoms with Gasteiger partial charge in [-0.25, -0.2) is 19.9 Å². The number of aromatic nitrogens is 6. The van der Waals surface area contributed by atoms with Gasteiger partial charge in [0.15, 0.2) is 16.9 Å². The zero-order chi connectivity index (χ0) is 30.4. The van der Waals surface area contributed by atoms with Crippen LogP contribution in [0.1, 0.15) is 47.6 Å². The van der Waals surface area contributed by atoms with Gasteiger partial charge in [-0.2, -0.15) is 27.1 Å². The summed E-state index contributed by atoms with van der Waals surface area (Å²) in [5.74, 6) is -7.82. The number of hydrogen-bond donors (Lipinski definition) is 3. The fraction of sp³-hybridized carbons (Fsp3) is 0.522. The van der Waals surface area contributed by atoms with Crippen LogP contribution in [0.2, 0.25) is 0 Å². The van der Waals surface area contributed by atoms with Gasteiger partial charge in [-0.15, -0.1) is 0 Å². The highest BCUT2D eigenvalue weighted by Crippen LogP contribution is 2.54. The number of carbonyl (C=O) groups excluding carboxylic acids is 2. The predicted molar refractivity (Wildman–Crippen MR) is 125 cm³/mol. The van der Waals surface area contributed by atoms with Crippen LogP contribution in [-0.2, 0) is 28.4 Å². The Kier molecular flexibility index (Phi) is 4.64. The first-order chi connectivity index (χ1) is 19.5. The Hall–Kier alpha value is -3.98. The van der Waals surface area contributed by atoms with Gasteiger partial charge in [0.1, 0.15) is 23.2 Å². The number of aryl methyl sites for hydroxylation is 2. The second kappa shape index (κ2) is 8.26. The van der Waals surface area contributed by atoms with Gasteiger partial charge in [-0.3, -0.25) is 14.3 Å². The molecule has 1 aliphatic heterocycles. The maximum atomic E-state index is 13.7. The number of amides is 2. The van der Waals surface area contributed by atoms with Crippen LogP contribution in [0.15, 0.2) is 6.20 Å². The predicted octanol–water partition coefficient (Wildman–Crippen LogP) is 2.41. The van der Waals surface area contributed by atoms with Gasteiger partial charge in [-0.1, -0.05) is 0 Å². The van der Waals surface area contributed by atoms with Gasteiger partial charge in [-0.05, 0) is 31.6 Å². The van der Waals surface area contributed by atoms with Crippen LogP contribution in [0.25, 0.3) is 22.6 Å². The highest BCUT2D eigenvalue weighted by Gasteiger charge is 2.64. The van der Waals surface area contributed by atoms with Crippen molar-refractivity contribution in [3.8, 4) is 11.5 Å². The molecular formula is C23H22F5N9O2. The lowest BCUT2D eigenvalue weighted by atomic mass is 9.76. The molecule has 2 amide bonds. The monoisotopic (exact) mass is 554 g/mol.